The third-order valence-electron chi connectivity index (χ3n) is 3.44. The van der Waals surface area contributed by atoms with Crippen LogP contribution < -0.4 is 10.5 Å². The molecule has 3 rings (SSSR count). The summed E-state index contributed by atoms with van der Waals surface area (Å²) in [6.45, 7) is -0.0888. The third kappa shape index (κ3) is 3.81. The van der Waals surface area contributed by atoms with Gasteiger partial charge >= 0.3 is 0 Å². The largest absolute Gasteiger partial charge is 0.464 e. The number of pyridine rings is 1. The highest BCUT2D eigenvalue weighted by molar-refractivity contribution is 7.93. The normalized spacial score (nSPS) is 12.2. The van der Waals surface area contributed by atoms with Crippen LogP contribution in [0, 0.1) is 0 Å². The van der Waals surface area contributed by atoms with Crippen LogP contribution in [0.3, 0.4) is 0 Å². The molecule has 8 heteroatoms. The van der Waals surface area contributed by atoms with Gasteiger partial charge in [0.05, 0.1) is 18.6 Å². The lowest BCUT2D eigenvalue weighted by Gasteiger charge is -2.06. The zero-order valence-electron chi connectivity index (χ0n) is 12.9. The first-order valence-electron chi connectivity index (χ1n) is 7.24. The number of halogens is 1. The number of aliphatic hydroxyl groups excluding tert-OH is 1. The Balaban J connectivity index is 1.80. The second-order valence-corrected chi connectivity index (χ2v) is 5.29. The molecule has 6 nitrogen and oxygen atoms in total. The number of aliphatic hydroxyl groups is 1. The molecule has 3 N–H and O–H groups in total. The number of furan rings is 1. The van der Waals surface area contributed by atoms with E-state index in [9.17, 15) is 8.99 Å². The Morgan fingerprint density at radius 3 is 2.96 bits per heavy atom. The number of nitrogens with two attached hydrogens (primary N) is 1. The quantitative estimate of drug-likeness (QED) is 0.512. The van der Waals surface area contributed by atoms with Gasteiger partial charge in [-0.2, -0.15) is 4.40 Å². The average molecular weight is 359 g/mol. The summed E-state index contributed by atoms with van der Waals surface area (Å²) in [5.74, 6) is 0.905. The molecule has 0 aliphatic carbocycles. The Labute approximate surface area is 147 Å². The van der Waals surface area contributed by atoms with Crippen LogP contribution in [-0.2, 0) is 6.61 Å². The summed E-state index contributed by atoms with van der Waals surface area (Å²) in [6.07, 6.45) is 5.78. The van der Waals surface area contributed by atoms with Crippen LogP contribution in [0.2, 0.25) is 0 Å². The van der Waals surface area contributed by atoms with Crippen molar-refractivity contribution in [3.8, 4) is 11.6 Å². The Hall–Kier alpha value is -2.84. The van der Waals surface area contributed by atoms with Gasteiger partial charge in [-0.15, -0.1) is 3.89 Å². The fourth-order valence-corrected chi connectivity index (χ4v) is 2.51. The van der Waals surface area contributed by atoms with E-state index in [0.717, 1.165) is 10.9 Å². The van der Waals surface area contributed by atoms with Crippen LogP contribution in [0.4, 0.5) is 3.89 Å². The highest BCUT2D eigenvalue weighted by atomic mass is 32.2. The standard InChI is InChI=1S/C17H14FN3O3S/c18-25-21-15(5-6-19)11-1-4-17(20-8-11)24-13-2-3-14-12(9-22)10-23-16(14)7-13/h1-8,10,22H,9,19H2/b6-5-,21-15-. The molecule has 3 aromatic rings. The number of benzene rings is 1. The van der Waals surface area contributed by atoms with Gasteiger partial charge < -0.3 is 20.0 Å². The van der Waals surface area contributed by atoms with E-state index < -0.39 is 0 Å². The van der Waals surface area contributed by atoms with E-state index in [1.807, 2.05) is 6.07 Å². The van der Waals surface area contributed by atoms with Crippen LogP contribution in [0.1, 0.15) is 11.1 Å². The molecule has 0 spiro atoms. The second kappa shape index (κ2) is 7.82. The Morgan fingerprint density at radius 2 is 2.28 bits per heavy atom. The zero-order valence-corrected chi connectivity index (χ0v) is 13.7. The van der Waals surface area contributed by atoms with Crippen molar-refractivity contribution in [1.82, 2.24) is 4.98 Å². The molecule has 0 aliphatic heterocycles. The van der Waals surface area contributed by atoms with Crippen LogP contribution in [0.15, 0.2) is 63.9 Å². The summed E-state index contributed by atoms with van der Waals surface area (Å²) in [7, 11) is 0. The Kier molecular flexibility index (Phi) is 5.32. The summed E-state index contributed by atoms with van der Waals surface area (Å²) >= 11 is -0.150. The van der Waals surface area contributed by atoms with E-state index in [1.54, 1.807) is 24.3 Å². The minimum absolute atomic E-state index is 0.0888. The van der Waals surface area contributed by atoms with Gasteiger partial charge in [-0.25, -0.2) is 4.98 Å². The van der Waals surface area contributed by atoms with E-state index >= 15 is 0 Å². The molecule has 0 atom stereocenters. The smallest absolute Gasteiger partial charge is 0.219 e. The minimum atomic E-state index is -0.150. The van der Waals surface area contributed by atoms with Crippen molar-refractivity contribution in [2.24, 2.45) is 10.1 Å². The topological polar surface area (TPSA) is 93.9 Å². The summed E-state index contributed by atoms with van der Waals surface area (Å²) in [4.78, 5) is 4.18. The number of hydrogen-bond acceptors (Lipinski definition) is 7. The van der Waals surface area contributed by atoms with Gasteiger partial charge in [0.15, 0.2) is 12.3 Å². The highest BCUT2D eigenvalue weighted by Crippen LogP contribution is 2.28. The first-order valence-corrected chi connectivity index (χ1v) is 7.92. The fraction of sp³-hybridized carbons (Fsp3) is 0.0588. The van der Waals surface area contributed by atoms with Crippen molar-refractivity contribution in [1.29, 1.82) is 0 Å². The molecule has 0 radical (unpaired) electrons. The molecule has 2 aromatic heterocycles. The van der Waals surface area contributed by atoms with Crippen LogP contribution >= 0.6 is 12.3 Å². The van der Waals surface area contributed by atoms with E-state index in [-0.39, 0.29) is 18.9 Å². The Bertz CT molecular complexity index is 923. The minimum Gasteiger partial charge on any atom is -0.464 e. The monoisotopic (exact) mass is 359 g/mol. The maximum Gasteiger partial charge on any atom is 0.219 e. The lowest BCUT2D eigenvalue weighted by atomic mass is 10.2. The van der Waals surface area contributed by atoms with Crippen LogP contribution in [0.5, 0.6) is 11.6 Å². The molecular formula is C17H14FN3O3S. The van der Waals surface area contributed by atoms with Crippen molar-refractivity contribution >= 4 is 29.0 Å². The molecular weight excluding hydrogens is 345 g/mol. The highest BCUT2D eigenvalue weighted by Gasteiger charge is 2.08. The number of ether oxygens (including phenoxy) is 1. The summed E-state index contributed by atoms with van der Waals surface area (Å²) in [5, 5.41) is 10.1. The maximum absolute atomic E-state index is 12.4. The number of nitrogens with zero attached hydrogens (tertiary/aromatic N) is 2. The lowest BCUT2D eigenvalue weighted by molar-refractivity contribution is 0.281. The van der Waals surface area contributed by atoms with E-state index in [1.165, 1.54) is 24.7 Å². The molecule has 0 saturated heterocycles. The van der Waals surface area contributed by atoms with E-state index in [2.05, 4.69) is 9.38 Å². The van der Waals surface area contributed by atoms with Crippen molar-refractivity contribution in [2.75, 3.05) is 0 Å². The van der Waals surface area contributed by atoms with Gasteiger partial charge in [-0.3, -0.25) is 0 Å². The SMILES string of the molecule is N/C=C\C(=N\SF)c1ccc(Oc2ccc3c(CO)coc3c2)nc1. The molecule has 0 fully saturated rings. The molecule has 128 valence electrons. The van der Waals surface area contributed by atoms with Crippen molar-refractivity contribution in [3.63, 3.8) is 0 Å². The van der Waals surface area contributed by atoms with Gasteiger partial charge in [0.1, 0.15) is 11.3 Å². The van der Waals surface area contributed by atoms with Gasteiger partial charge in [0.25, 0.3) is 0 Å². The molecule has 2 heterocycles. The van der Waals surface area contributed by atoms with Crippen molar-refractivity contribution in [3.05, 3.63) is 66.2 Å². The molecule has 0 bridgehead atoms. The number of rotatable bonds is 6. The van der Waals surface area contributed by atoms with Gasteiger partial charge in [-0.1, -0.05) is 0 Å². The first kappa shape index (κ1) is 17.0. The lowest BCUT2D eigenvalue weighted by Crippen LogP contribution is -1.98. The molecule has 0 aliphatic rings. The second-order valence-electron chi connectivity index (χ2n) is 4.97. The Morgan fingerprint density at radius 1 is 1.40 bits per heavy atom. The molecule has 0 unspecified atom stereocenters. The average Bonchev–Trinajstić information content (AvgIpc) is 3.04. The molecule has 0 saturated carbocycles. The zero-order chi connectivity index (χ0) is 17.6. The maximum atomic E-state index is 12.4. The summed E-state index contributed by atoms with van der Waals surface area (Å²) in [6, 6.07) is 8.63. The number of aromatic nitrogens is 1. The molecule has 25 heavy (non-hydrogen) atoms. The number of allylic oxidation sites excluding steroid dienone is 1. The number of hydrogen-bond donors (Lipinski definition) is 2. The van der Waals surface area contributed by atoms with Crippen LogP contribution in [0.25, 0.3) is 11.0 Å². The molecule has 0 amide bonds. The van der Waals surface area contributed by atoms with Crippen molar-refractivity contribution < 1.29 is 18.1 Å². The summed E-state index contributed by atoms with van der Waals surface area (Å²) in [5.41, 5.74) is 7.62. The van der Waals surface area contributed by atoms with Gasteiger partial charge in [-0.05, 0) is 30.5 Å². The fourth-order valence-electron chi connectivity index (χ4n) is 2.27. The predicted octanol–water partition coefficient (Wildman–Crippen LogP) is 3.91. The van der Waals surface area contributed by atoms with Crippen LogP contribution in [-0.4, -0.2) is 15.8 Å². The third-order valence-corrected chi connectivity index (χ3v) is 3.70. The van der Waals surface area contributed by atoms with E-state index in [4.69, 9.17) is 14.9 Å². The van der Waals surface area contributed by atoms with Crippen molar-refractivity contribution in [2.45, 2.75) is 6.61 Å². The number of fused-ring (bicyclic) bond motifs is 1. The molecule has 1 aromatic carbocycles. The first-order chi connectivity index (χ1) is 12.2. The predicted molar refractivity (Wildman–Crippen MR) is 95.0 cm³/mol. The van der Waals surface area contributed by atoms with Gasteiger partial charge in [0, 0.05) is 34.8 Å². The van der Waals surface area contributed by atoms with E-state index in [0.29, 0.717) is 28.5 Å². The van der Waals surface area contributed by atoms with Gasteiger partial charge in [0.2, 0.25) is 5.88 Å². The summed E-state index contributed by atoms with van der Waals surface area (Å²) < 4.78 is 27.1.